The molecule has 2 aromatic carbocycles. The van der Waals surface area contributed by atoms with Crippen molar-refractivity contribution in [3.8, 4) is 17.6 Å². The molecule has 0 atom stereocenters. The van der Waals surface area contributed by atoms with Crippen LogP contribution < -0.4 is 14.8 Å². The predicted molar refractivity (Wildman–Crippen MR) is 84.9 cm³/mol. The van der Waals surface area contributed by atoms with Crippen molar-refractivity contribution in [1.82, 2.24) is 0 Å². The predicted octanol–water partition coefficient (Wildman–Crippen LogP) is 2.49. The van der Waals surface area contributed by atoms with E-state index in [4.69, 9.17) is 14.7 Å². The number of anilines is 1. The van der Waals surface area contributed by atoms with Crippen molar-refractivity contribution in [3.05, 3.63) is 58.1 Å². The molecular weight excluding hydrogens is 314 g/mol. The number of carbonyl (C=O) groups is 1. The molecule has 24 heavy (non-hydrogen) atoms. The minimum Gasteiger partial charge on any atom is -0.493 e. The Morgan fingerprint density at radius 1 is 1.25 bits per heavy atom. The molecule has 0 saturated carbocycles. The Morgan fingerprint density at radius 2 is 1.96 bits per heavy atom. The molecule has 0 radical (unpaired) electrons. The van der Waals surface area contributed by atoms with Crippen LogP contribution in [0, 0.1) is 21.4 Å². The van der Waals surface area contributed by atoms with Gasteiger partial charge in [-0.15, -0.1) is 0 Å². The number of nitro benzene ring substituents is 1. The van der Waals surface area contributed by atoms with Crippen LogP contribution in [0.1, 0.15) is 5.56 Å². The van der Waals surface area contributed by atoms with Gasteiger partial charge in [0, 0.05) is 23.9 Å². The summed E-state index contributed by atoms with van der Waals surface area (Å²) < 4.78 is 10.5. The number of nitriles is 1. The van der Waals surface area contributed by atoms with E-state index >= 15 is 0 Å². The van der Waals surface area contributed by atoms with Crippen molar-refractivity contribution in [2.45, 2.75) is 0 Å². The molecule has 122 valence electrons. The second-order valence-electron chi connectivity index (χ2n) is 4.62. The van der Waals surface area contributed by atoms with Crippen LogP contribution in [0.3, 0.4) is 0 Å². The van der Waals surface area contributed by atoms with Gasteiger partial charge in [0.05, 0.1) is 23.7 Å². The van der Waals surface area contributed by atoms with E-state index < -0.39 is 10.8 Å². The van der Waals surface area contributed by atoms with E-state index in [2.05, 4.69) is 5.32 Å². The van der Waals surface area contributed by atoms with Crippen molar-refractivity contribution in [1.29, 1.82) is 5.26 Å². The molecule has 0 heterocycles. The number of carbonyl (C=O) groups excluding carboxylic acids is 1. The topological polar surface area (TPSA) is 114 Å². The van der Waals surface area contributed by atoms with E-state index in [0.717, 1.165) is 0 Å². The van der Waals surface area contributed by atoms with Gasteiger partial charge in [-0.1, -0.05) is 0 Å². The number of nitrogens with zero attached hydrogens (tertiary/aromatic N) is 2. The van der Waals surface area contributed by atoms with Crippen molar-refractivity contribution in [2.75, 3.05) is 19.0 Å². The molecule has 1 amide bonds. The maximum absolute atomic E-state index is 11.9. The monoisotopic (exact) mass is 327 g/mol. The number of nitrogens with one attached hydrogen (secondary N) is 1. The highest BCUT2D eigenvalue weighted by Crippen LogP contribution is 2.27. The van der Waals surface area contributed by atoms with Crippen LogP contribution in [-0.2, 0) is 4.79 Å². The van der Waals surface area contributed by atoms with Gasteiger partial charge in [0.15, 0.2) is 18.1 Å². The summed E-state index contributed by atoms with van der Waals surface area (Å²) in [5.74, 6) is 0.239. The fraction of sp³-hybridized carbons (Fsp3) is 0.125. The smallest absolute Gasteiger partial charge is 0.269 e. The van der Waals surface area contributed by atoms with E-state index in [9.17, 15) is 14.9 Å². The average Bonchev–Trinajstić information content (AvgIpc) is 2.60. The number of ether oxygens (including phenoxy) is 2. The summed E-state index contributed by atoms with van der Waals surface area (Å²) in [4.78, 5) is 21.9. The van der Waals surface area contributed by atoms with E-state index in [1.165, 1.54) is 43.5 Å². The van der Waals surface area contributed by atoms with Crippen LogP contribution >= 0.6 is 0 Å². The number of non-ortho nitro benzene ring substituents is 1. The van der Waals surface area contributed by atoms with Gasteiger partial charge in [-0.25, -0.2) is 0 Å². The molecule has 0 aliphatic carbocycles. The number of methoxy groups -OCH3 is 1. The van der Waals surface area contributed by atoms with Gasteiger partial charge in [-0.2, -0.15) is 5.26 Å². The number of rotatable bonds is 6. The molecule has 0 fully saturated rings. The molecule has 0 bridgehead atoms. The summed E-state index contributed by atoms with van der Waals surface area (Å²) >= 11 is 0. The molecule has 2 rings (SSSR count). The molecule has 0 aliphatic heterocycles. The third-order valence-corrected chi connectivity index (χ3v) is 3.01. The lowest BCUT2D eigenvalue weighted by atomic mass is 10.2. The maximum atomic E-state index is 11.9. The molecule has 0 aliphatic rings. The van der Waals surface area contributed by atoms with Gasteiger partial charge in [0.25, 0.3) is 11.6 Å². The third kappa shape index (κ3) is 4.20. The van der Waals surface area contributed by atoms with Crippen molar-refractivity contribution < 1.29 is 19.2 Å². The van der Waals surface area contributed by atoms with E-state index in [0.29, 0.717) is 22.7 Å². The molecule has 0 aromatic heterocycles. The Bertz CT molecular complexity index is 796. The van der Waals surface area contributed by atoms with E-state index in [1.807, 2.05) is 6.07 Å². The Hall–Kier alpha value is -3.60. The van der Waals surface area contributed by atoms with Crippen LogP contribution in [-0.4, -0.2) is 24.5 Å². The first-order valence-electron chi connectivity index (χ1n) is 6.78. The third-order valence-electron chi connectivity index (χ3n) is 3.01. The number of benzene rings is 2. The van der Waals surface area contributed by atoms with Gasteiger partial charge < -0.3 is 14.8 Å². The fourth-order valence-corrected chi connectivity index (χ4v) is 1.86. The Balaban J connectivity index is 1.96. The number of hydrogen-bond donors (Lipinski definition) is 1. The minimum atomic E-state index is -0.522. The second-order valence-corrected chi connectivity index (χ2v) is 4.62. The summed E-state index contributed by atoms with van der Waals surface area (Å²) in [6.07, 6.45) is 0. The van der Waals surface area contributed by atoms with Gasteiger partial charge in [-0.05, 0) is 24.3 Å². The molecule has 8 heteroatoms. The zero-order valence-corrected chi connectivity index (χ0v) is 12.7. The van der Waals surface area contributed by atoms with Crippen molar-refractivity contribution in [2.24, 2.45) is 0 Å². The number of nitro groups is 1. The summed E-state index contributed by atoms with van der Waals surface area (Å²) in [5, 5.41) is 22.0. The number of hydrogen-bond acceptors (Lipinski definition) is 6. The standard InChI is InChI=1S/C16H13N3O5/c1-23-15-8-11(9-17)2-7-14(15)24-10-16(20)18-12-3-5-13(6-4-12)19(21)22/h2-8H,10H2,1H3,(H,18,20). The normalized spacial score (nSPS) is 9.67. The van der Waals surface area contributed by atoms with Crippen LogP contribution in [0.5, 0.6) is 11.5 Å². The Kier molecular flexibility index (Phi) is 5.31. The molecular formula is C16H13N3O5. The maximum Gasteiger partial charge on any atom is 0.269 e. The van der Waals surface area contributed by atoms with Crippen molar-refractivity contribution >= 4 is 17.3 Å². The molecule has 0 saturated heterocycles. The Morgan fingerprint density at radius 3 is 2.54 bits per heavy atom. The lowest BCUT2D eigenvalue weighted by Crippen LogP contribution is -2.20. The highest BCUT2D eigenvalue weighted by molar-refractivity contribution is 5.92. The van der Waals surface area contributed by atoms with Crippen LogP contribution in [0.25, 0.3) is 0 Å². The van der Waals surface area contributed by atoms with E-state index in [-0.39, 0.29) is 12.3 Å². The van der Waals surface area contributed by atoms with Crippen LogP contribution in [0.2, 0.25) is 0 Å². The first kappa shape index (κ1) is 16.8. The average molecular weight is 327 g/mol. The fourth-order valence-electron chi connectivity index (χ4n) is 1.86. The summed E-state index contributed by atoms with van der Waals surface area (Å²) in [5.41, 5.74) is 0.766. The number of amides is 1. The van der Waals surface area contributed by atoms with Gasteiger partial charge in [0.2, 0.25) is 0 Å². The van der Waals surface area contributed by atoms with Crippen molar-refractivity contribution in [3.63, 3.8) is 0 Å². The van der Waals surface area contributed by atoms with Crippen LogP contribution in [0.15, 0.2) is 42.5 Å². The molecule has 2 aromatic rings. The Labute approximate surface area is 137 Å². The van der Waals surface area contributed by atoms with Gasteiger partial charge in [-0.3, -0.25) is 14.9 Å². The largest absolute Gasteiger partial charge is 0.493 e. The quantitative estimate of drug-likeness (QED) is 0.644. The van der Waals surface area contributed by atoms with Crippen LogP contribution in [0.4, 0.5) is 11.4 Å². The zero-order valence-electron chi connectivity index (χ0n) is 12.7. The second kappa shape index (κ2) is 7.60. The summed E-state index contributed by atoms with van der Waals surface area (Å²) in [6.45, 7) is -0.279. The highest BCUT2D eigenvalue weighted by Gasteiger charge is 2.10. The van der Waals surface area contributed by atoms with Gasteiger partial charge in [0.1, 0.15) is 0 Å². The van der Waals surface area contributed by atoms with E-state index in [1.54, 1.807) is 6.07 Å². The molecule has 0 unspecified atom stereocenters. The first-order valence-corrected chi connectivity index (χ1v) is 6.78. The molecule has 0 spiro atoms. The summed E-state index contributed by atoms with van der Waals surface area (Å²) in [7, 11) is 1.43. The van der Waals surface area contributed by atoms with Gasteiger partial charge >= 0.3 is 0 Å². The molecule has 1 N–H and O–H groups in total. The first-order chi connectivity index (χ1) is 11.5. The molecule has 8 nitrogen and oxygen atoms in total. The summed E-state index contributed by atoms with van der Waals surface area (Å²) in [6, 6.07) is 12.0. The minimum absolute atomic E-state index is 0.0634. The lowest BCUT2D eigenvalue weighted by Gasteiger charge is -2.11. The SMILES string of the molecule is COc1cc(C#N)ccc1OCC(=O)Nc1ccc([N+](=O)[O-])cc1. The zero-order chi connectivity index (χ0) is 17.5. The highest BCUT2D eigenvalue weighted by atomic mass is 16.6. The lowest BCUT2D eigenvalue weighted by molar-refractivity contribution is -0.384.